The van der Waals surface area contributed by atoms with Crippen molar-refractivity contribution in [3.05, 3.63) is 0 Å². The van der Waals surface area contributed by atoms with Crippen LogP contribution < -0.4 is 5.32 Å². The van der Waals surface area contributed by atoms with E-state index in [9.17, 15) is 8.42 Å². The van der Waals surface area contributed by atoms with Crippen LogP contribution in [0, 0.1) is 0 Å². The summed E-state index contributed by atoms with van der Waals surface area (Å²) in [7, 11) is -3.08. The first-order valence-electron chi connectivity index (χ1n) is 4.97. The lowest BCUT2D eigenvalue weighted by atomic mass is 10.1. The number of hydrogen-bond donors (Lipinski definition) is 1. The molecule has 1 saturated heterocycles. The molecule has 0 saturated carbocycles. The summed E-state index contributed by atoms with van der Waals surface area (Å²) in [6, 6.07) is 0.228. The topological polar surface area (TPSA) is 49.4 Å². The molecule has 0 aromatic carbocycles. The molecule has 0 aromatic heterocycles. The molecule has 1 fully saturated rings. The number of nitrogens with one attached hydrogen (secondary N) is 1. The van der Waals surface area contributed by atoms with E-state index in [1.54, 1.807) is 4.31 Å². The molecule has 1 N–H and O–H groups in total. The van der Waals surface area contributed by atoms with E-state index in [-0.39, 0.29) is 17.3 Å². The number of sulfonamides is 1. The van der Waals surface area contributed by atoms with Crippen molar-refractivity contribution in [1.82, 2.24) is 9.62 Å². The average molecular weight is 220 g/mol. The van der Waals surface area contributed by atoms with Gasteiger partial charge in [0.25, 0.3) is 0 Å². The first-order chi connectivity index (χ1) is 6.23. The molecule has 14 heavy (non-hydrogen) atoms. The van der Waals surface area contributed by atoms with Gasteiger partial charge in [0.05, 0.1) is 5.75 Å². The Morgan fingerprint density at radius 1 is 1.36 bits per heavy atom. The molecule has 0 amide bonds. The van der Waals surface area contributed by atoms with Crippen molar-refractivity contribution < 1.29 is 8.42 Å². The third-order valence-electron chi connectivity index (χ3n) is 2.38. The summed E-state index contributed by atoms with van der Waals surface area (Å²) in [5.41, 5.74) is -0.320. The predicted molar refractivity (Wildman–Crippen MR) is 57.7 cm³/mol. The van der Waals surface area contributed by atoms with E-state index in [0.717, 1.165) is 0 Å². The van der Waals surface area contributed by atoms with Crippen LogP contribution in [0.4, 0.5) is 0 Å². The molecular formula is C9H20N2O2S. The lowest BCUT2D eigenvalue weighted by molar-refractivity contribution is 0.238. The molecule has 1 rings (SSSR count). The van der Waals surface area contributed by atoms with Crippen LogP contribution in [-0.4, -0.2) is 43.1 Å². The van der Waals surface area contributed by atoms with Crippen molar-refractivity contribution in [3.63, 3.8) is 0 Å². The van der Waals surface area contributed by atoms with Gasteiger partial charge in [0.15, 0.2) is 0 Å². The average Bonchev–Trinajstić information content (AvgIpc) is 2.08. The van der Waals surface area contributed by atoms with Crippen molar-refractivity contribution in [2.24, 2.45) is 0 Å². The van der Waals surface area contributed by atoms with E-state index in [2.05, 4.69) is 5.32 Å². The zero-order valence-electron chi connectivity index (χ0n) is 9.37. The van der Waals surface area contributed by atoms with Gasteiger partial charge in [-0.1, -0.05) is 0 Å². The van der Waals surface area contributed by atoms with Crippen LogP contribution in [0.1, 0.15) is 27.7 Å². The smallest absolute Gasteiger partial charge is 0.215 e. The Bertz CT molecular complexity index is 292. The molecule has 1 heterocycles. The Labute approximate surface area is 86.7 Å². The highest BCUT2D eigenvalue weighted by Crippen LogP contribution is 2.20. The van der Waals surface area contributed by atoms with E-state index in [1.807, 2.05) is 27.7 Å². The highest BCUT2D eigenvalue weighted by molar-refractivity contribution is 7.89. The summed E-state index contributed by atoms with van der Waals surface area (Å²) < 4.78 is 25.4. The molecule has 1 atom stereocenters. The molecule has 0 bridgehead atoms. The second-order valence-electron chi connectivity index (χ2n) is 4.87. The molecule has 0 radical (unpaired) electrons. The second kappa shape index (κ2) is 3.79. The van der Waals surface area contributed by atoms with E-state index in [1.165, 1.54) is 0 Å². The monoisotopic (exact) mass is 220 g/mol. The Morgan fingerprint density at radius 3 is 2.43 bits per heavy atom. The first kappa shape index (κ1) is 11.9. The van der Waals surface area contributed by atoms with Crippen LogP contribution in [-0.2, 0) is 10.0 Å². The molecule has 5 heteroatoms. The lowest BCUT2D eigenvalue weighted by Gasteiger charge is -2.34. The number of nitrogens with zero attached hydrogens (tertiary/aromatic N) is 1. The van der Waals surface area contributed by atoms with Crippen LogP contribution >= 0.6 is 0 Å². The largest absolute Gasteiger partial charge is 0.312 e. The second-order valence-corrected chi connectivity index (χ2v) is 6.89. The van der Waals surface area contributed by atoms with E-state index in [0.29, 0.717) is 13.1 Å². The highest BCUT2D eigenvalue weighted by atomic mass is 32.2. The number of rotatable bonds is 0. The van der Waals surface area contributed by atoms with Gasteiger partial charge < -0.3 is 5.32 Å². The zero-order valence-corrected chi connectivity index (χ0v) is 10.2. The predicted octanol–water partition coefficient (Wildman–Crippen LogP) is 0.408. The standard InChI is InChI=1S/C9H20N2O2S/c1-8-7-11(9(2,3)4)14(12,13)6-5-10-8/h8,10H,5-7H2,1-4H3. The normalized spacial score (nSPS) is 29.9. The molecule has 1 aliphatic heterocycles. The molecule has 4 nitrogen and oxygen atoms in total. The van der Waals surface area contributed by atoms with Crippen LogP contribution in [0.25, 0.3) is 0 Å². The Kier molecular flexibility index (Phi) is 3.23. The summed E-state index contributed by atoms with van der Waals surface area (Å²) in [6.07, 6.45) is 0. The quantitative estimate of drug-likeness (QED) is 0.643. The van der Waals surface area contributed by atoms with Crippen molar-refractivity contribution in [1.29, 1.82) is 0 Å². The van der Waals surface area contributed by atoms with Gasteiger partial charge >= 0.3 is 0 Å². The van der Waals surface area contributed by atoms with Crippen LogP contribution in [0.5, 0.6) is 0 Å². The van der Waals surface area contributed by atoms with E-state index in [4.69, 9.17) is 0 Å². The maximum absolute atomic E-state index is 11.9. The minimum atomic E-state index is -3.08. The maximum atomic E-state index is 11.9. The highest BCUT2D eigenvalue weighted by Gasteiger charge is 2.35. The van der Waals surface area contributed by atoms with Crippen molar-refractivity contribution in [3.8, 4) is 0 Å². The minimum Gasteiger partial charge on any atom is -0.312 e. The van der Waals surface area contributed by atoms with Gasteiger partial charge in [-0.25, -0.2) is 8.42 Å². The van der Waals surface area contributed by atoms with Gasteiger partial charge in [-0.3, -0.25) is 0 Å². The molecule has 1 unspecified atom stereocenters. The SMILES string of the molecule is CC1CN(C(C)(C)C)S(=O)(=O)CCN1. The third-order valence-corrected chi connectivity index (χ3v) is 4.46. The van der Waals surface area contributed by atoms with Crippen molar-refractivity contribution in [2.45, 2.75) is 39.3 Å². The zero-order chi connectivity index (χ0) is 11.0. The maximum Gasteiger partial charge on any atom is 0.215 e. The van der Waals surface area contributed by atoms with E-state index >= 15 is 0 Å². The molecule has 84 valence electrons. The Hall–Kier alpha value is -0.130. The van der Waals surface area contributed by atoms with Gasteiger partial charge in [-0.05, 0) is 27.7 Å². The van der Waals surface area contributed by atoms with Crippen LogP contribution in [0.2, 0.25) is 0 Å². The van der Waals surface area contributed by atoms with Crippen LogP contribution in [0.3, 0.4) is 0 Å². The van der Waals surface area contributed by atoms with Gasteiger partial charge in [0.1, 0.15) is 0 Å². The lowest BCUT2D eigenvalue weighted by Crippen LogP contribution is -2.48. The molecule has 1 aliphatic rings. The fourth-order valence-electron chi connectivity index (χ4n) is 1.66. The summed E-state index contributed by atoms with van der Waals surface area (Å²) in [5.74, 6) is 0.203. The first-order valence-corrected chi connectivity index (χ1v) is 6.58. The van der Waals surface area contributed by atoms with Gasteiger partial charge in [-0.2, -0.15) is 4.31 Å². The summed E-state index contributed by atoms with van der Waals surface area (Å²) >= 11 is 0. The van der Waals surface area contributed by atoms with Crippen LogP contribution in [0.15, 0.2) is 0 Å². The molecule has 0 aliphatic carbocycles. The fourth-order valence-corrected chi connectivity index (χ4v) is 3.54. The van der Waals surface area contributed by atoms with Crippen molar-refractivity contribution >= 4 is 10.0 Å². The minimum absolute atomic E-state index is 0.203. The third kappa shape index (κ3) is 2.68. The summed E-state index contributed by atoms with van der Waals surface area (Å²) in [4.78, 5) is 0. The fraction of sp³-hybridized carbons (Fsp3) is 1.00. The molecule has 0 spiro atoms. The van der Waals surface area contributed by atoms with Gasteiger partial charge in [0.2, 0.25) is 10.0 Å². The molecular weight excluding hydrogens is 200 g/mol. The van der Waals surface area contributed by atoms with Gasteiger partial charge in [-0.15, -0.1) is 0 Å². The molecule has 0 aromatic rings. The van der Waals surface area contributed by atoms with Gasteiger partial charge in [0, 0.05) is 24.7 Å². The Balaban J connectivity index is 2.97. The number of hydrogen-bond acceptors (Lipinski definition) is 3. The van der Waals surface area contributed by atoms with Crippen molar-refractivity contribution in [2.75, 3.05) is 18.8 Å². The summed E-state index contributed by atoms with van der Waals surface area (Å²) in [6.45, 7) is 8.93. The van der Waals surface area contributed by atoms with E-state index < -0.39 is 10.0 Å². The Morgan fingerprint density at radius 2 is 1.93 bits per heavy atom. The summed E-state index contributed by atoms with van der Waals surface area (Å²) in [5, 5.41) is 3.18.